The fourth-order valence-electron chi connectivity index (χ4n) is 3.66. The molecule has 0 atom stereocenters. The number of nitrogens with one attached hydrogen (secondary N) is 1. The fourth-order valence-corrected chi connectivity index (χ4v) is 3.90. The highest BCUT2D eigenvalue weighted by Crippen LogP contribution is 2.20. The lowest BCUT2D eigenvalue weighted by Crippen LogP contribution is -2.29. The van der Waals surface area contributed by atoms with Gasteiger partial charge in [-0.2, -0.15) is 0 Å². The Balaban J connectivity index is 0.000000177. The molecule has 0 unspecified atom stereocenters. The zero-order chi connectivity index (χ0) is 34.9. The zero-order valence-corrected chi connectivity index (χ0v) is 27.3. The summed E-state index contributed by atoms with van der Waals surface area (Å²) in [7, 11) is 1.65. The van der Waals surface area contributed by atoms with Crippen LogP contribution in [0.2, 0.25) is 0 Å². The third-order valence-electron chi connectivity index (χ3n) is 6.16. The van der Waals surface area contributed by atoms with Crippen LogP contribution in [0.1, 0.15) is 0 Å². The first-order chi connectivity index (χ1) is 23.1. The number of ether oxygens (including phenoxy) is 2. The van der Waals surface area contributed by atoms with E-state index in [2.05, 4.69) is 30.9 Å². The Bertz CT molecular complexity index is 1840. The van der Waals surface area contributed by atoms with E-state index in [-0.39, 0.29) is 23.0 Å². The molecule has 246 valence electrons. The van der Waals surface area contributed by atoms with Gasteiger partial charge >= 0.3 is 7.12 Å². The van der Waals surface area contributed by atoms with Crippen molar-refractivity contribution in [1.82, 2.24) is 15.0 Å². The molecule has 0 fully saturated rings. The summed E-state index contributed by atoms with van der Waals surface area (Å²) in [5.41, 5.74) is 3.77. The van der Waals surface area contributed by atoms with Crippen molar-refractivity contribution in [2.24, 2.45) is 0 Å². The maximum Gasteiger partial charge on any atom is 0.488 e. The molecule has 3 heterocycles. The second kappa shape index (κ2) is 19.4. The number of rotatable bonds is 5. The first-order valence-corrected chi connectivity index (χ1v) is 14.8. The molecule has 8 nitrogen and oxygen atoms in total. The van der Waals surface area contributed by atoms with E-state index in [0.29, 0.717) is 17.2 Å². The molecule has 3 aromatic heterocycles. The molecule has 0 aliphatic carbocycles. The maximum atomic E-state index is 12.7. The summed E-state index contributed by atoms with van der Waals surface area (Å²) in [6, 6.07) is 27.9. The molecule has 0 saturated carbocycles. The highest BCUT2D eigenvalue weighted by Gasteiger charge is 2.09. The lowest BCUT2D eigenvalue weighted by atomic mass is 9.80. The Labute approximate surface area is 283 Å². The molecule has 48 heavy (non-hydrogen) atoms. The first kappa shape index (κ1) is 37.2. The Morgan fingerprint density at radius 1 is 0.604 bits per heavy atom. The Morgan fingerprint density at radius 3 is 1.44 bits per heavy atom. The number of H-pyrrole nitrogens is 1. The standard InChI is InChI=1S/C12H10FNO.C11H8FNO.C6H6BFO2.C6H6BrNO/c1-15-12-7-4-10(8-14-12)9-2-5-11(13)6-3-9;12-10-4-1-8(2-5-10)9-3-6-11(14)13-7-9;8-6-3-1-5(2-4-6)7(9)10;1-9-6-3-2-5(7)4-8-6/h2-8H,1H3;1-7H,(H,13,14);1-4,9-10H;2-4H,1H3. The molecule has 3 N–H and O–H groups in total. The summed E-state index contributed by atoms with van der Waals surface area (Å²) in [5.74, 6) is 0.321. The molecular formula is C35H30BBrF3N3O5. The van der Waals surface area contributed by atoms with Crippen molar-refractivity contribution in [3.05, 3.63) is 160 Å². The van der Waals surface area contributed by atoms with E-state index >= 15 is 0 Å². The molecule has 6 rings (SSSR count). The predicted molar refractivity (Wildman–Crippen MR) is 183 cm³/mol. The Hall–Kier alpha value is -5.24. The van der Waals surface area contributed by atoms with Crippen LogP contribution in [-0.2, 0) is 0 Å². The van der Waals surface area contributed by atoms with Crippen molar-refractivity contribution in [3.63, 3.8) is 0 Å². The van der Waals surface area contributed by atoms with Crippen molar-refractivity contribution in [3.8, 4) is 34.0 Å². The second-order valence-electron chi connectivity index (χ2n) is 9.49. The van der Waals surface area contributed by atoms with Crippen molar-refractivity contribution in [1.29, 1.82) is 0 Å². The van der Waals surface area contributed by atoms with E-state index in [0.717, 1.165) is 26.7 Å². The minimum Gasteiger partial charge on any atom is -0.481 e. The van der Waals surface area contributed by atoms with Gasteiger partial charge in [0.05, 0.1) is 14.2 Å². The van der Waals surface area contributed by atoms with E-state index in [1.807, 2.05) is 12.1 Å². The van der Waals surface area contributed by atoms with Gasteiger partial charge in [0.15, 0.2) is 0 Å². The molecule has 0 radical (unpaired) electrons. The van der Waals surface area contributed by atoms with Gasteiger partial charge in [-0.25, -0.2) is 23.1 Å². The van der Waals surface area contributed by atoms with Gasteiger partial charge in [-0.15, -0.1) is 0 Å². The van der Waals surface area contributed by atoms with Gasteiger partial charge in [0, 0.05) is 46.8 Å². The highest BCUT2D eigenvalue weighted by atomic mass is 79.9. The highest BCUT2D eigenvalue weighted by molar-refractivity contribution is 9.10. The van der Waals surface area contributed by atoms with Crippen molar-refractivity contribution < 1.29 is 32.7 Å². The number of methoxy groups -OCH3 is 2. The van der Waals surface area contributed by atoms with Crippen LogP contribution >= 0.6 is 15.9 Å². The summed E-state index contributed by atoms with van der Waals surface area (Å²) in [5, 5.41) is 17.1. The predicted octanol–water partition coefficient (Wildman–Crippen LogP) is 6.44. The van der Waals surface area contributed by atoms with Crippen LogP contribution in [0.3, 0.4) is 0 Å². The van der Waals surface area contributed by atoms with Crippen LogP contribution in [0.4, 0.5) is 13.2 Å². The van der Waals surface area contributed by atoms with Gasteiger partial charge in [-0.1, -0.05) is 36.4 Å². The van der Waals surface area contributed by atoms with E-state index < -0.39 is 7.12 Å². The van der Waals surface area contributed by atoms with Crippen LogP contribution < -0.4 is 20.5 Å². The van der Waals surface area contributed by atoms with Gasteiger partial charge in [0.1, 0.15) is 17.5 Å². The van der Waals surface area contributed by atoms with Crippen molar-refractivity contribution in [2.45, 2.75) is 0 Å². The SMILES string of the molecule is COc1ccc(-c2ccc(F)cc2)cn1.COc1ccc(Br)cn1.O=c1ccc(-c2ccc(F)cc2)c[nH]1.OB(O)c1ccc(F)cc1. The van der Waals surface area contributed by atoms with Crippen molar-refractivity contribution >= 4 is 28.5 Å². The monoisotopic (exact) mass is 719 g/mol. The third-order valence-corrected chi connectivity index (χ3v) is 6.63. The summed E-state index contributed by atoms with van der Waals surface area (Å²) < 4.78 is 48.2. The summed E-state index contributed by atoms with van der Waals surface area (Å²) in [4.78, 5) is 21.4. The average Bonchev–Trinajstić information content (AvgIpc) is 3.11. The number of pyridine rings is 3. The van der Waals surface area contributed by atoms with Crippen molar-refractivity contribution in [2.75, 3.05) is 14.2 Å². The van der Waals surface area contributed by atoms with Gasteiger partial charge in [-0.05, 0) is 92.7 Å². The molecule has 0 spiro atoms. The molecule has 0 aliphatic rings. The molecule has 0 aliphatic heterocycles. The molecule has 0 saturated heterocycles. The van der Waals surface area contributed by atoms with Gasteiger partial charge in [0.25, 0.3) is 0 Å². The van der Waals surface area contributed by atoms with Gasteiger partial charge in [0.2, 0.25) is 17.3 Å². The number of benzene rings is 3. The Morgan fingerprint density at radius 2 is 1.04 bits per heavy atom. The lowest BCUT2D eigenvalue weighted by molar-refractivity contribution is 0.397. The normalized spacial score (nSPS) is 9.75. The number of nitrogens with zero attached hydrogens (tertiary/aromatic N) is 2. The molecule has 6 aromatic rings. The van der Waals surface area contributed by atoms with Gasteiger partial charge < -0.3 is 24.5 Å². The molecule has 0 amide bonds. The maximum absolute atomic E-state index is 12.7. The van der Waals surface area contributed by atoms with E-state index in [1.54, 1.807) is 75.3 Å². The van der Waals surface area contributed by atoms with Crippen LogP contribution in [0.5, 0.6) is 11.8 Å². The first-order valence-electron chi connectivity index (χ1n) is 14.1. The quantitative estimate of drug-likeness (QED) is 0.176. The van der Waals surface area contributed by atoms with Gasteiger partial charge in [-0.3, -0.25) is 4.79 Å². The minimum atomic E-state index is -1.51. The van der Waals surface area contributed by atoms with E-state index in [4.69, 9.17) is 19.5 Å². The fraction of sp³-hybridized carbons (Fsp3) is 0.0571. The zero-order valence-electron chi connectivity index (χ0n) is 25.7. The Kier molecular flexibility index (Phi) is 15.1. The van der Waals surface area contributed by atoms with Crippen LogP contribution in [0.25, 0.3) is 22.3 Å². The average molecular weight is 720 g/mol. The number of halogens is 4. The third kappa shape index (κ3) is 12.9. The van der Waals surface area contributed by atoms with Crippen LogP contribution in [-0.4, -0.2) is 46.3 Å². The van der Waals surface area contributed by atoms with Crippen LogP contribution in [0, 0.1) is 17.5 Å². The smallest absolute Gasteiger partial charge is 0.481 e. The summed E-state index contributed by atoms with van der Waals surface area (Å²) >= 11 is 3.26. The number of hydrogen-bond acceptors (Lipinski definition) is 7. The van der Waals surface area contributed by atoms with E-state index in [9.17, 15) is 18.0 Å². The molecule has 13 heteroatoms. The minimum absolute atomic E-state index is 0.143. The second-order valence-corrected chi connectivity index (χ2v) is 10.4. The van der Waals surface area contributed by atoms with E-state index in [1.165, 1.54) is 54.6 Å². The number of hydrogen-bond donors (Lipinski definition) is 3. The summed E-state index contributed by atoms with van der Waals surface area (Å²) in [6.45, 7) is 0. The summed E-state index contributed by atoms with van der Waals surface area (Å²) in [6.07, 6.45) is 5.00. The topological polar surface area (TPSA) is 118 Å². The molecule has 3 aromatic carbocycles. The largest absolute Gasteiger partial charge is 0.488 e. The number of aromatic amines is 1. The lowest BCUT2D eigenvalue weighted by Gasteiger charge is -2.02. The van der Waals surface area contributed by atoms with Crippen LogP contribution in [0.15, 0.2) is 137 Å². The number of aromatic nitrogens is 3. The molecule has 0 bridgehead atoms. The molecular weight excluding hydrogens is 690 g/mol.